The minimum atomic E-state index is 0.424. The van der Waals surface area contributed by atoms with E-state index in [1.807, 2.05) is 0 Å². The molecule has 0 spiro atoms. The van der Waals surface area contributed by atoms with Gasteiger partial charge in [-0.2, -0.15) is 0 Å². The van der Waals surface area contributed by atoms with Crippen LogP contribution in [0.1, 0.15) is 55.7 Å². The van der Waals surface area contributed by atoms with Gasteiger partial charge in [0.2, 0.25) is 0 Å². The molecule has 1 atom stereocenters. The summed E-state index contributed by atoms with van der Waals surface area (Å²) >= 11 is 0. The van der Waals surface area contributed by atoms with Crippen molar-refractivity contribution in [3.05, 3.63) is 34.9 Å². The Morgan fingerprint density at radius 1 is 1.20 bits per heavy atom. The van der Waals surface area contributed by atoms with Crippen LogP contribution in [-0.2, 0) is 6.42 Å². The van der Waals surface area contributed by atoms with Crippen molar-refractivity contribution in [3.63, 3.8) is 0 Å². The van der Waals surface area contributed by atoms with Crippen molar-refractivity contribution in [2.45, 2.75) is 65.3 Å². The predicted molar refractivity (Wildman–Crippen MR) is 86.5 cm³/mol. The van der Waals surface area contributed by atoms with Crippen molar-refractivity contribution in [3.8, 4) is 0 Å². The molecule has 1 unspecified atom stereocenters. The fraction of sp³-hybridized carbons (Fsp3) is 0.667. The molecule has 1 aromatic rings. The van der Waals surface area contributed by atoms with Gasteiger partial charge in [-0.1, -0.05) is 49.9 Å². The summed E-state index contributed by atoms with van der Waals surface area (Å²) in [6.07, 6.45) is 7.82. The maximum atomic E-state index is 5.86. The summed E-state index contributed by atoms with van der Waals surface area (Å²) in [6, 6.07) is 7.16. The van der Waals surface area contributed by atoms with Crippen LogP contribution in [-0.4, -0.2) is 6.04 Å². The molecule has 0 aliphatic heterocycles. The summed E-state index contributed by atoms with van der Waals surface area (Å²) in [4.78, 5) is 0. The fourth-order valence-corrected chi connectivity index (χ4v) is 3.62. The van der Waals surface area contributed by atoms with Crippen molar-refractivity contribution in [2.24, 2.45) is 17.7 Å². The van der Waals surface area contributed by atoms with Gasteiger partial charge >= 0.3 is 0 Å². The van der Waals surface area contributed by atoms with E-state index in [2.05, 4.69) is 44.4 Å². The highest BCUT2D eigenvalue weighted by Gasteiger charge is 2.26. The molecule has 1 aliphatic rings. The van der Waals surface area contributed by atoms with E-state index in [0.29, 0.717) is 6.04 Å². The van der Waals surface area contributed by atoms with Crippen LogP contribution < -0.4 is 11.3 Å². The molecule has 2 heteroatoms. The second-order valence-electron chi connectivity index (χ2n) is 6.60. The van der Waals surface area contributed by atoms with Gasteiger partial charge in [0.1, 0.15) is 0 Å². The first kappa shape index (κ1) is 15.5. The zero-order valence-electron chi connectivity index (χ0n) is 13.3. The van der Waals surface area contributed by atoms with Gasteiger partial charge in [-0.3, -0.25) is 11.3 Å². The smallest absolute Gasteiger partial charge is 0.0279 e. The lowest BCUT2D eigenvalue weighted by atomic mass is 9.76. The van der Waals surface area contributed by atoms with Crippen LogP contribution in [0.3, 0.4) is 0 Å². The molecule has 20 heavy (non-hydrogen) atoms. The Kier molecular flexibility index (Phi) is 5.62. The molecule has 1 fully saturated rings. The predicted octanol–water partition coefficient (Wildman–Crippen LogP) is 3.89. The summed E-state index contributed by atoms with van der Waals surface area (Å²) in [5.41, 5.74) is 7.28. The molecule has 0 heterocycles. The van der Waals surface area contributed by atoms with Gasteiger partial charge in [0.05, 0.1) is 0 Å². The number of aryl methyl sites for hydroxylation is 2. The molecule has 1 saturated carbocycles. The van der Waals surface area contributed by atoms with Crippen LogP contribution in [0.5, 0.6) is 0 Å². The van der Waals surface area contributed by atoms with Crippen molar-refractivity contribution in [2.75, 3.05) is 0 Å². The molecule has 2 nitrogen and oxygen atoms in total. The summed E-state index contributed by atoms with van der Waals surface area (Å²) in [7, 11) is 0. The second kappa shape index (κ2) is 7.24. The summed E-state index contributed by atoms with van der Waals surface area (Å²) in [6.45, 7) is 6.69. The molecule has 112 valence electrons. The van der Waals surface area contributed by atoms with E-state index < -0.39 is 0 Å². The average Bonchev–Trinajstić information content (AvgIpc) is 2.48. The topological polar surface area (TPSA) is 38.0 Å². The van der Waals surface area contributed by atoms with Crippen LogP contribution in [0.15, 0.2) is 18.2 Å². The van der Waals surface area contributed by atoms with E-state index in [1.165, 1.54) is 48.8 Å². The quantitative estimate of drug-likeness (QED) is 0.631. The number of hydrogen-bond donors (Lipinski definition) is 2. The standard InChI is InChI=1S/C18H30N2/c1-4-15-7-9-16(10-8-15)18(20-19)12-17-11-13(2)5-6-14(17)3/h5-6,11,15-16,18,20H,4,7-10,12,19H2,1-3H3. The maximum Gasteiger partial charge on any atom is 0.0279 e. The maximum absolute atomic E-state index is 5.86. The van der Waals surface area contributed by atoms with Gasteiger partial charge in [0.25, 0.3) is 0 Å². The first-order chi connectivity index (χ1) is 9.63. The Morgan fingerprint density at radius 3 is 2.50 bits per heavy atom. The Hall–Kier alpha value is -0.860. The average molecular weight is 274 g/mol. The van der Waals surface area contributed by atoms with Crippen molar-refractivity contribution in [1.29, 1.82) is 0 Å². The van der Waals surface area contributed by atoms with E-state index in [1.54, 1.807) is 0 Å². The lowest BCUT2D eigenvalue weighted by Gasteiger charge is -2.33. The zero-order valence-corrected chi connectivity index (χ0v) is 13.3. The van der Waals surface area contributed by atoms with Gasteiger partial charge in [0, 0.05) is 6.04 Å². The van der Waals surface area contributed by atoms with Crippen molar-refractivity contribution in [1.82, 2.24) is 5.43 Å². The first-order valence-corrected chi connectivity index (χ1v) is 8.16. The Morgan fingerprint density at radius 2 is 1.90 bits per heavy atom. The van der Waals surface area contributed by atoms with E-state index in [0.717, 1.165) is 18.3 Å². The lowest BCUT2D eigenvalue weighted by Crippen LogP contribution is -2.43. The van der Waals surface area contributed by atoms with Gasteiger partial charge in [-0.25, -0.2) is 0 Å². The van der Waals surface area contributed by atoms with E-state index in [4.69, 9.17) is 5.84 Å². The normalized spacial score (nSPS) is 24.6. The number of benzene rings is 1. The number of rotatable bonds is 5. The molecular weight excluding hydrogens is 244 g/mol. The first-order valence-electron chi connectivity index (χ1n) is 8.16. The van der Waals surface area contributed by atoms with Gasteiger partial charge in [-0.05, 0) is 56.1 Å². The molecule has 0 aromatic heterocycles. The summed E-state index contributed by atoms with van der Waals surface area (Å²) in [5.74, 6) is 7.54. The van der Waals surface area contributed by atoms with Gasteiger partial charge < -0.3 is 0 Å². The third-order valence-corrected chi connectivity index (χ3v) is 5.20. The van der Waals surface area contributed by atoms with Gasteiger partial charge in [0.15, 0.2) is 0 Å². The van der Waals surface area contributed by atoms with E-state index in [-0.39, 0.29) is 0 Å². The molecular formula is C18H30N2. The molecule has 1 aliphatic carbocycles. The third kappa shape index (κ3) is 3.83. The molecule has 0 bridgehead atoms. The Balaban J connectivity index is 2.00. The highest BCUT2D eigenvalue weighted by Crippen LogP contribution is 2.33. The van der Waals surface area contributed by atoms with Crippen LogP contribution in [0, 0.1) is 25.7 Å². The van der Waals surface area contributed by atoms with Crippen LogP contribution in [0.4, 0.5) is 0 Å². The lowest BCUT2D eigenvalue weighted by molar-refractivity contribution is 0.217. The Labute approximate surface area is 124 Å². The van der Waals surface area contributed by atoms with E-state index in [9.17, 15) is 0 Å². The monoisotopic (exact) mass is 274 g/mol. The van der Waals surface area contributed by atoms with Crippen molar-refractivity contribution < 1.29 is 0 Å². The van der Waals surface area contributed by atoms with Gasteiger partial charge in [-0.15, -0.1) is 0 Å². The SMILES string of the molecule is CCC1CCC(C(Cc2cc(C)ccc2C)NN)CC1. The van der Waals surface area contributed by atoms with E-state index >= 15 is 0 Å². The molecule has 0 radical (unpaired) electrons. The number of nitrogens with two attached hydrogens (primary N) is 1. The minimum Gasteiger partial charge on any atom is -0.271 e. The number of hydrogen-bond acceptors (Lipinski definition) is 2. The van der Waals surface area contributed by atoms with Crippen molar-refractivity contribution >= 4 is 0 Å². The summed E-state index contributed by atoms with van der Waals surface area (Å²) in [5, 5.41) is 0. The third-order valence-electron chi connectivity index (χ3n) is 5.20. The molecule has 1 aromatic carbocycles. The Bertz CT molecular complexity index is 419. The molecule has 2 rings (SSSR count). The summed E-state index contributed by atoms with van der Waals surface area (Å²) < 4.78 is 0. The van der Waals surface area contributed by atoms with Crippen LogP contribution in [0.2, 0.25) is 0 Å². The molecule has 3 N–H and O–H groups in total. The highest BCUT2D eigenvalue weighted by atomic mass is 15.2. The van der Waals surface area contributed by atoms with Crippen LogP contribution in [0.25, 0.3) is 0 Å². The zero-order chi connectivity index (χ0) is 14.5. The van der Waals surface area contributed by atoms with Crippen LogP contribution >= 0.6 is 0 Å². The number of hydrazine groups is 1. The largest absolute Gasteiger partial charge is 0.271 e. The molecule has 0 saturated heterocycles. The second-order valence-corrected chi connectivity index (χ2v) is 6.60. The highest BCUT2D eigenvalue weighted by molar-refractivity contribution is 5.31. The minimum absolute atomic E-state index is 0.424. The molecule has 0 amide bonds. The number of nitrogens with one attached hydrogen (secondary N) is 1. The fourth-order valence-electron chi connectivity index (χ4n) is 3.62.